The molecule has 2 aromatic rings. The van der Waals surface area contributed by atoms with Gasteiger partial charge in [-0.15, -0.1) is 0 Å². The highest BCUT2D eigenvalue weighted by Gasteiger charge is 2.41. The largest absolute Gasteiger partial charge is 0.385 e. The third-order valence-corrected chi connectivity index (χ3v) is 5.71. The fraction of sp³-hybridized carbons (Fsp3) is 0.667. The number of aromatic nitrogens is 3. The Bertz CT molecular complexity index is 829. The summed E-state index contributed by atoms with van der Waals surface area (Å²) in [5.41, 5.74) is 2.77. The van der Waals surface area contributed by atoms with Crippen LogP contribution in [0.25, 0.3) is 11.0 Å². The number of fused-ring (bicyclic) bond motifs is 1. The Morgan fingerprint density at radius 1 is 1.45 bits per heavy atom. The number of pyridine rings is 1. The summed E-state index contributed by atoms with van der Waals surface area (Å²) < 4.78 is 12.9. The Kier molecular flexibility index (Phi) is 6.42. The molecule has 1 amide bonds. The fourth-order valence-corrected chi connectivity index (χ4v) is 4.06. The van der Waals surface area contributed by atoms with E-state index in [1.165, 1.54) is 0 Å². The van der Waals surface area contributed by atoms with E-state index in [9.17, 15) is 4.79 Å². The lowest BCUT2D eigenvalue weighted by atomic mass is 10.1. The molecule has 158 valence electrons. The van der Waals surface area contributed by atoms with E-state index in [4.69, 9.17) is 14.6 Å². The van der Waals surface area contributed by atoms with Gasteiger partial charge in [0.2, 0.25) is 0 Å². The second-order valence-corrected chi connectivity index (χ2v) is 7.90. The number of morpholine rings is 1. The average Bonchev–Trinajstić information content (AvgIpc) is 3.52. The van der Waals surface area contributed by atoms with Crippen molar-refractivity contribution in [3.8, 4) is 0 Å². The number of methoxy groups -OCH3 is 1. The summed E-state index contributed by atoms with van der Waals surface area (Å²) in [5.74, 6) is 0.0610. The molecule has 1 saturated carbocycles. The van der Waals surface area contributed by atoms with Crippen LogP contribution in [0.1, 0.15) is 44.3 Å². The van der Waals surface area contributed by atoms with Gasteiger partial charge in [-0.05, 0) is 44.7 Å². The second-order valence-electron chi connectivity index (χ2n) is 7.90. The van der Waals surface area contributed by atoms with Gasteiger partial charge in [0.15, 0.2) is 0 Å². The summed E-state index contributed by atoms with van der Waals surface area (Å²) in [6.07, 6.45) is 5.44. The van der Waals surface area contributed by atoms with Crippen molar-refractivity contribution in [2.24, 2.45) is 0 Å². The zero-order valence-electron chi connectivity index (χ0n) is 17.3. The number of amides is 1. The Hall–Kier alpha value is -2.03. The SMILES string of the molecule is COCCCCn1nc([C@@H](C)N(C(=O)[C@H]2CNCCO2)C2CC2)c2ncccc21. The van der Waals surface area contributed by atoms with Crippen LogP contribution >= 0.6 is 0 Å². The van der Waals surface area contributed by atoms with E-state index >= 15 is 0 Å². The molecule has 2 atom stereocenters. The number of aryl methyl sites for hydroxylation is 1. The van der Waals surface area contributed by atoms with Gasteiger partial charge < -0.3 is 19.7 Å². The van der Waals surface area contributed by atoms with Crippen molar-refractivity contribution in [1.82, 2.24) is 25.0 Å². The summed E-state index contributed by atoms with van der Waals surface area (Å²) in [6.45, 7) is 5.57. The summed E-state index contributed by atoms with van der Waals surface area (Å²) in [4.78, 5) is 19.9. The van der Waals surface area contributed by atoms with Gasteiger partial charge in [-0.1, -0.05) is 0 Å². The van der Waals surface area contributed by atoms with Crippen LogP contribution in [0, 0.1) is 0 Å². The number of ether oxygens (including phenoxy) is 2. The maximum absolute atomic E-state index is 13.3. The number of unbranched alkanes of at least 4 members (excludes halogenated alkanes) is 1. The fourth-order valence-electron chi connectivity index (χ4n) is 4.06. The summed E-state index contributed by atoms with van der Waals surface area (Å²) >= 11 is 0. The van der Waals surface area contributed by atoms with Crippen molar-refractivity contribution in [2.75, 3.05) is 33.4 Å². The van der Waals surface area contributed by atoms with Gasteiger partial charge in [-0.2, -0.15) is 5.10 Å². The van der Waals surface area contributed by atoms with Crippen LogP contribution in [-0.2, 0) is 20.8 Å². The molecule has 0 bridgehead atoms. The van der Waals surface area contributed by atoms with Gasteiger partial charge >= 0.3 is 0 Å². The molecule has 1 aliphatic heterocycles. The lowest BCUT2D eigenvalue weighted by Gasteiger charge is -2.33. The molecular formula is C21H31N5O3. The monoisotopic (exact) mass is 401 g/mol. The number of hydrogen-bond donors (Lipinski definition) is 1. The van der Waals surface area contributed by atoms with E-state index in [1.807, 2.05) is 15.6 Å². The summed E-state index contributed by atoms with van der Waals surface area (Å²) in [5, 5.41) is 8.17. The highest BCUT2D eigenvalue weighted by molar-refractivity contribution is 5.84. The first-order valence-corrected chi connectivity index (χ1v) is 10.7. The molecular weight excluding hydrogens is 370 g/mol. The molecule has 0 unspecified atom stereocenters. The molecule has 2 aromatic heterocycles. The zero-order valence-corrected chi connectivity index (χ0v) is 17.3. The van der Waals surface area contributed by atoms with Gasteiger partial charge in [-0.25, -0.2) is 0 Å². The lowest BCUT2D eigenvalue weighted by molar-refractivity contribution is -0.148. The zero-order chi connectivity index (χ0) is 20.2. The average molecular weight is 402 g/mol. The highest BCUT2D eigenvalue weighted by atomic mass is 16.5. The van der Waals surface area contributed by atoms with Crippen LogP contribution in [0.4, 0.5) is 0 Å². The van der Waals surface area contributed by atoms with Gasteiger partial charge in [0.25, 0.3) is 5.91 Å². The highest BCUT2D eigenvalue weighted by Crippen LogP contribution is 2.36. The molecule has 1 aliphatic carbocycles. The third-order valence-electron chi connectivity index (χ3n) is 5.71. The van der Waals surface area contributed by atoms with Crippen LogP contribution < -0.4 is 5.32 Å². The topological polar surface area (TPSA) is 81.5 Å². The van der Waals surface area contributed by atoms with Crippen LogP contribution in [0.15, 0.2) is 18.3 Å². The van der Waals surface area contributed by atoms with E-state index in [0.717, 1.165) is 62.1 Å². The molecule has 29 heavy (non-hydrogen) atoms. The molecule has 2 aliphatic rings. The smallest absolute Gasteiger partial charge is 0.253 e. The first-order chi connectivity index (χ1) is 14.2. The molecule has 1 N–H and O–H groups in total. The lowest BCUT2D eigenvalue weighted by Crippen LogP contribution is -2.50. The molecule has 0 aromatic carbocycles. The van der Waals surface area contributed by atoms with Crippen LogP contribution in [0.2, 0.25) is 0 Å². The van der Waals surface area contributed by atoms with Crippen molar-refractivity contribution >= 4 is 16.9 Å². The number of carbonyl (C=O) groups is 1. The standard InChI is InChI=1S/C21H31N5O3/c1-15(26(16-7-8-16)21(27)18-14-22-10-13-29-18)19-20-17(6-5-9-23-20)25(24-19)11-3-4-12-28-2/h5-6,9,15-16,18,22H,3-4,7-8,10-14H2,1-2H3/t15-,18-/m1/s1. The maximum atomic E-state index is 13.3. The van der Waals surface area contributed by atoms with Crippen molar-refractivity contribution < 1.29 is 14.3 Å². The van der Waals surface area contributed by atoms with Crippen molar-refractivity contribution in [2.45, 2.75) is 57.3 Å². The number of rotatable bonds is 9. The van der Waals surface area contributed by atoms with E-state index in [2.05, 4.69) is 23.3 Å². The summed E-state index contributed by atoms with van der Waals surface area (Å²) in [6, 6.07) is 4.13. The van der Waals surface area contributed by atoms with Crippen LogP contribution in [0.5, 0.6) is 0 Å². The predicted molar refractivity (Wildman–Crippen MR) is 110 cm³/mol. The molecule has 8 heteroatoms. The van der Waals surface area contributed by atoms with Crippen LogP contribution in [0.3, 0.4) is 0 Å². The molecule has 8 nitrogen and oxygen atoms in total. The maximum Gasteiger partial charge on any atom is 0.253 e. The molecule has 0 radical (unpaired) electrons. The molecule has 0 spiro atoms. The van der Waals surface area contributed by atoms with E-state index < -0.39 is 6.10 Å². The molecule has 1 saturated heterocycles. The third kappa shape index (κ3) is 4.44. The van der Waals surface area contributed by atoms with Crippen molar-refractivity contribution in [3.63, 3.8) is 0 Å². The van der Waals surface area contributed by atoms with Crippen LogP contribution in [-0.4, -0.2) is 71.1 Å². The number of hydrogen-bond acceptors (Lipinski definition) is 6. The Labute approximate surface area is 171 Å². The number of nitrogens with one attached hydrogen (secondary N) is 1. The molecule has 4 rings (SSSR count). The van der Waals surface area contributed by atoms with E-state index in [1.54, 1.807) is 13.3 Å². The first-order valence-electron chi connectivity index (χ1n) is 10.7. The molecule has 3 heterocycles. The van der Waals surface area contributed by atoms with Crippen molar-refractivity contribution in [3.05, 3.63) is 24.0 Å². The quantitative estimate of drug-likeness (QED) is 0.647. The first kappa shape index (κ1) is 20.3. The number of nitrogens with zero attached hydrogens (tertiary/aromatic N) is 4. The van der Waals surface area contributed by atoms with E-state index in [-0.39, 0.29) is 18.0 Å². The minimum Gasteiger partial charge on any atom is -0.385 e. The second kappa shape index (κ2) is 9.19. The minimum absolute atomic E-state index is 0.0610. The van der Waals surface area contributed by atoms with Gasteiger partial charge in [-0.3, -0.25) is 14.5 Å². The Balaban J connectivity index is 1.59. The summed E-state index contributed by atoms with van der Waals surface area (Å²) in [7, 11) is 1.72. The number of carbonyl (C=O) groups excluding carboxylic acids is 1. The van der Waals surface area contributed by atoms with Gasteiger partial charge in [0, 0.05) is 45.6 Å². The van der Waals surface area contributed by atoms with Gasteiger partial charge in [0.1, 0.15) is 17.3 Å². The normalized spacial score (nSPS) is 20.7. The predicted octanol–water partition coefficient (Wildman–Crippen LogP) is 1.90. The van der Waals surface area contributed by atoms with E-state index in [0.29, 0.717) is 13.2 Å². The van der Waals surface area contributed by atoms with Crippen molar-refractivity contribution in [1.29, 1.82) is 0 Å². The van der Waals surface area contributed by atoms with Gasteiger partial charge in [0.05, 0.1) is 18.2 Å². The Morgan fingerprint density at radius 3 is 3.03 bits per heavy atom. The molecule has 2 fully saturated rings. The minimum atomic E-state index is -0.415. The Morgan fingerprint density at radius 2 is 2.31 bits per heavy atom.